The highest BCUT2D eigenvalue weighted by molar-refractivity contribution is 6.14. The summed E-state index contributed by atoms with van der Waals surface area (Å²) >= 11 is 0. The molecular weight excluding hydrogens is 531 g/mol. The Hall–Kier alpha value is -4.98. The molecule has 0 radical (unpaired) electrons. The lowest BCUT2D eigenvalue weighted by atomic mass is 9.95. The van der Waals surface area contributed by atoms with Gasteiger partial charge < -0.3 is 9.47 Å². The van der Waals surface area contributed by atoms with Gasteiger partial charge in [-0.2, -0.15) is 13.2 Å². The summed E-state index contributed by atoms with van der Waals surface area (Å²) in [5.74, 6) is -0.239. The van der Waals surface area contributed by atoms with Gasteiger partial charge in [-0.25, -0.2) is 4.98 Å². The zero-order valence-corrected chi connectivity index (χ0v) is 21.9. The Morgan fingerprint density at radius 2 is 1.51 bits per heavy atom. The van der Waals surface area contributed by atoms with E-state index in [-0.39, 0.29) is 46.9 Å². The number of fused-ring (bicyclic) bond motifs is 1. The Morgan fingerprint density at radius 1 is 0.805 bits per heavy atom. The van der Waals surface area contributed by atoms with Gasteiger partial charge in [0.2, 0.25) is 0 Å². The van der Waals surface area contributed by atoms with E-state index in [2.05, 4.69) is 9.72 Å². The van der Waals surface area contributed by atoms with Gasteiger partial charge in [-0.15, -0.1) is 0 Å². The SMILES string of the molecule is COC(=O)Cc1ccc(COc2cccc(-c3nc4c(C(F)(F)F)cccc4cc3C(=O)c3ccccc3)c2)cc1. The number of esters is 1. The van der Waals surface area contributed by atoms with Crippen LogP contribution in [0.4, 0.5) is 13.2 Å². The molecular formula is C33H24F3NO4. The van der Waals surface area contributed by atoms with Crippen molar-refractivity contribution in [3.63, 3.8) is 0 Å². The fourth-order valence-corrected chi connectivity index (χ4v) is 4.46. The van der Waals surface area contributed by atoms with Gasteiger partial charge in [-0.05, 0) is 35.4 Å². The van der Waals surface area contributed by atoms with E-state index >= 15 is 0 Å². The van der Waals surface area contributed by atoms with E-state index < -0.39 is 11.7 Å². The number of methoxy groups -OCH3 is 1. The van der Waals surface area contributed by atoms with E-state index in [0.717, 1.165) is 17.2 Å². The number of hydrogen-bond acceptors (Lipinski definition) is 5. The normalized spacial score (nSPS) is 11.3. The summed E-state index contributed by atoms with van der Waals surface area (Å²) in [5, 5.41) is 0.214. The van der Waals surface area contributed by atoms with Gasteiger partial charge in [0.1, 0.15) is 12.4 Å². The van der Waals surface area contributed by atoms with Gasteiger partial charge in [0.25, 0.3) is 0 Å². The smallest absolute Gasteiger partial charge is 0.418 e. The maximum Gasteiger partial charge on any atom is 0.418 e. The van der Waals surface area contributed by atoms with Gasteiger partial charge in [0.15, 0.2) is 5.78 Å². The van der Waals surface area contributed by atoms with E-state index in [1.807, 2.05) is 24.3 Å². The maximum atomic E-state index is 13.9. The highest BCUT2D eigenvalue weighted by Gasteiger charge is 2.33. The zero-order valence-electron chi connectivity index (χ0n) is 21.9. The lowest BCUT2D eigenvalue weighted by molar-refractivity contribution is -0.140. The fraction of sp³-hybridized carbons (Fsp3) is 0.121. The first-order valence-electron chi connectivity index (χ1n) is 12.7. The highest BCUT2D eigenvalue weighted by atomic mass is 19.4. The summed E-state index contributed by atoms with van der Waals surface area (Å²) < 4.78 is 52.2. The van der Waals surface area contributed by atoms with Crippen LogP contribution in [0, 0.1) is 0 Å². The van der Waals surface area contributed by atoms with Crippen molar-refractivity contribution < 1.29 is 32.2 Å². The van der Waals surface area contributed by atoms with Crippen molar-refractivity contribution in [2.75, 3.05) is 7.11 Å². The molecule has 0 spiro atoms. The molecule has 1 aromatic heterocycles. The largest absolute Gasteiger partial charge is 0.489 e. The van der Waals surface area contributed by atoms with Gasteiger partial charge in [0, 0.05) is 22.1 Å². The standard InChI is InChI=1S/C33H24F3NO4/c1-40-29(38)17-21-13-15-22(16-14-21)20-41-26-11-5-9-24(18-26)30-27(32(39)23-7-3-2-4-8-23)19-25-10-6-12-28(31(25)37-30)33(34,35)36/h2-16,18-19H,17,20H2,1H3. The van der Waals surface area contributed by atoms with Crippen LogP contribution in [0.1, 0.15) is 32.6 Å². The molecule has 0 N–H and O–H groups in total. The number of pyridine rings is 1. The second-order valence-corrected chi connectivity index (χ2v) is 9.34. The zero-order chi connectivity index (χ0) is 29.0. The number of alkyl halides is 3. The van der Waals surface area contributed by atoms with Crippen molar-refractivity contribution in [3.05, 3.63) is 131 Å². The summed E-state index contributed by atoms with van der Waals surface area (Å²) in [6, 6.07) is 27.8. The van der Waals surface area contributed by atoms with E-state index in [0.29, 0.717) is 16.9 Å². The third-order valence-electron chi connectivity index (χ3n) is 6.54. The lowest BCUT2D eigenvalue weighted by Crippen LogP contribution is -2.10. The topological polar surface area (TPSA) is 65.5 Å². The van der Waals surface area contributed by atoms with Crippen LogP contribution in [0.2, 0.25) is 0 Å². The second kappa shape index (κ2) is 11.6. The Balaban J connectivity index is 1.51. The molecule has 5 nitrogen and oxygen atoms in total. The molecule has 0 aliphatic heterocycles. The Bertz CT molecular complexity index is 1720. The summed E-state index contributed by atoms with van der Waals surface area (Å²) in [7, 11) is 1.34. The number of ether oxygens (including phenoxy) is 2. The first-order chi connectivity index (χ1) is 19.7. The molecule has 0 amide bonds. The first kappa shape index (κ1) is 27.6. The Labute approximate surface area is 234 Å². The van der Waals surface area contributed by atoms with E-state index in [1.165, 1.54) is 25.3 Å². The number of halogens is 3. The van der Waals surface area contributed by atoms with Crippen LogP contribution in [-0.2, 0) is 28.7 Å². The quantitative estimate of drug-likeness (QED) is 0.147. The number of carbonyl (C=O) groups is 2. The predicted octanol–water partition coefficient (Wildman–Crippen LogP) is 7.45. The number of carbonyl (C=O) groups excluding carboxylic acids is 2. The first-order valence-corrected chi connectivity index (χ1v) is 12.7. The number of para-hydroxylation sites is 1. The lowest BCUT2D eigenvalue weighted by Gasteiger charge is -2.15. The van der Waals surface area contributed by atoms with Gasteiger partial charge in [-0.3, -0.25) is 9.59 Å². The molecule has 0 saturated carbocycles. The van der Waals surface area contributed by atoms with Crippen LogP contribution in [0.15, 0.2) is 103 Å². The molecule has 0 aliphatic carbocycles. The number of benzene rings is 4. The van der Waals surface area contributed by atoms with Crippen LogP contribution in [0.3, 0.4) is 0 Å². The van der Waals surface area contributed by atoms with Crippen LogP contribution in [0.25, 0.3) is 22.2 Å². The number of aromatic nitrogens is 1. The molecule has 206 valence electrons. The molecule has 41 heavy (non-hydrogen) atoms. The number of ketones is 1. The van der Waals surface area contributed by atoms with Crippen molar-refractivity contribution in [3.8, 4) is 17.0 Å². The predicted molar refractivity (Wildman–Crippen MR) is 149 cm³/mol. The van der Waals surface area contributed by atoms with E-state index in [4.69, 9.17) is 4.74 Å². The molecule has 1 heterocycles. The summed E-state index contributed by atoms with van der Waals surface area (Å²) in [4.78, 5) is 29.5. The van der Waals surface area contributed by atoms with Gasteiger partial charge in [-0.1, -0.05) is 78.9 Å². The molecule has 5 aromatic rings. The number of rotatable bonds is 8. The second-order valence-electron chi connectivity index (χ2n) is 9.34. The van der Waals surface area contributed by atoms with Crippen molar-refractivity contribution in [2.24, 2.45) is 0 Å². The highest BCUT2D eigenvalue weighted by Crippen LogP contribution is 2.37. The summed E-state index contributed by atoms with van der Waals surface area (Å²) in [6.07, 6.45) is -4.45. The average Bonchev–Trinajstić information content (AvgIpc) is 2.99. The third kappa shape index (κ3) is 6.27. The molecule has 0 bridgehead atoms. The van der Waals surface area contributed by atoms with Gasteiger partial charge >= 0.3 is 12.1 Å². The monoisotopic (exact) mass is 555 g/mol. The molecule has 0 saturated heterocycles. The van der Waals surface area contributed by atoms with Crippen molar-refractivity contribution >= 4 is 22.7 Å². The van der Waals surface area contributed by atoms with E-state index in [9.17, 15) is 22.8 Å². The average molecular weight is 556 g/mol. The van der Waals surface area contributed by atoms with Crippen LogP contribution >= 0.6 is 0 Å². The molecule has 0 aliphatic rings. The Kier molecular flexibility index (Phi) is 7.83. The Morgan fingerprint density at radius 3 is 2.22 bits per heavy atom. The molecule has 4 aromatic carbocycles. The van der Waals surface area contributed by atoms with Crippen LogP contribution < -0.4 is 4.74 Å². The minimum absolute atomic E-state index is 0.126. The molecule has 0 unspecified atom stereocenters. The van der Waals surface area contributed by atoms with Crippen LogP contribution in [-0.4, -0.2) is 23.8 Å². The summed E-state index contributed by atoms with van der Waals surface area (Å²) in [5.41, 5.74) is 1.68. The molecule has 5 rings (SSSR count). The van der Waals surface area contributed by atoms with Crippen LogP contribution in [0.5, 0.6) is 5.75 Å². The number of nitrogens with zero attached hydrogens (tertiary/aromatic N) is 1. The molecule has 0 atom stereocenters. The van der Waals surface area contributed by atoms with Gasteiger partial charge in [0.05, 0.1) is 30.3 Å². The molecule has 8 heteroatoms. The third-order valence-corrected chi connectivity index (χ3v) is 6.54. The minimum atomic E-state index is -4.62. The van der Waals surface area contributed by atoms with Crippen molar-refractivity contribution in [2.45, 2.75) is 19.2 Å². The van der Waals surface area contributed by atoms with E-state index in [1.54, 1.807) is 54.6 Å². The fourth-order valence-electron chi connectivity index (χ4n) is 4.46. The molecule has 0 fully saturated rings. The summed E-state index contributed by atoms with van der Waals surface area (Å²) in [6.45, 7) is 0.209. The maximum absolute atomic E-state index is 13.9. The van der Waals surface area contributed by atoms with Crippen molar-refractivity contribution in [1.82, 2.24) is 4.98 Å². The minimum Gasteiger partial charge on any atom is -0.489 e. The van der Waals surface area contributed by atoms with Crippen molar-refractivity contribution in [1.29, 1.82) is 0 Å². The number of hydrogen-bond donors (Lipinski definition) is 0.